The lowest BCUT2D eigenvalue weighted by Gasteiger charge is -2.34. The average molecular weight is 1330 g/mol. The molecule has 0 fully saturated rings. The van der Waals surface area contributed by atoms with Gasteiger partial charge in [-0.25, -0.2) is 0 Å². The van der Waals surface area contributed by atoms with Crippen LogP contribution in [0, 0.1) is 0 Å². The van der Waals surface area contributed by atoms with Crippen LogP contribution in [0.3, 0.4) is 0 Å². The van der Waals surface area contributed by atoms with E-state index in [-0.39, 0.29) is 10.8 Å². The number of rotatable bonds is 62. The Morgan fingerprint density at radius 2 is 0.435 bits per heavy atom. The van der Waals surface area contributed by atoms with E-state index in [1.54, 1.807) is 43.1 Å². The van der Waals surface area contributed by atoms with Gasteiger partial charge < -0.3 is 0 Å². The Morgan fingerprint density at radius 1 is 0.228 bits per heavy atom. The van der Waals surface area contributed by atoms with Crippen LogP contribution in [0.1, 0.15) is 435 Å². The molecule has 0 spiro atoms. The lowest BCUT2D eigenvalue weighted by molar-refractivity contribution is 0.394. The Labute approximate surface area is 586 Å². The third-order valence-corrected chi connectivity index (χ3v) is 27.0. The minimum Gasteiger partial charge on any atom is -0.143 e. The highest BCUT2D eigenvalue weighted by Crippen LogP contribution is 2.65. The molecular weight excluding hydrogens is 1190 g/mol. The van der Waals surface area contributed by atoms with Crippen molar-refractivity contribution in [3.8, 4) is 40.4 Å². The SMILES string of the molecule is CCCCCCCCCCCCCCCCC1(CCCCCCCCCCCCCCCC)c2cc3c(cc2-c2sc(-c4cccs4)cc21)C(CCCCCCCCCCCCCCCC)(CCCCCCCCCCCCCCCC)c1cc(-c2cccs2)sc1-3. The quantitative estimate of drug-likeness (QED) is 0.0340. The first-order chi connectivity index (χ1) is 45.6. The van der Waals surface area contributed by atoms with E-state index in [0.29, 0.717) is 0 Å². The molecule has 0 atom stereocenters. The predicted molar refractivity (Wildman–Crippen MR) is 421 cm³/mol. The summed E-state index contributed by atoms with van der Waals surface area (Å²) in [7, 11) is 0. The number of hydrogen-bond donors (Lipinski definition) is 0. The summed E-state index contributed by atoms with van der Waals surface area (Å²) in [6.45, 7) is 9.35. The fraction of sp³-hybridized carbons (Fsp3) is 0.750. The monoisotopic (exact) mass is 1330 g/mol. The maximum Gasteiger partial charge on any atom is 0.0452 e. The van der Waals surface area contributed by atoms with Crippen LogP contribution in [0.5, 0.6) is 0 Å². The largest absolute Gasteiger partial charge is 0.143 e. The molecule has 0 saturated carbocycles. The highest BCUT2D eigenvalue weighted by molar-refractivity contribution is 7.24. The molecule has 0 saturated heterocycles. The molecule has 0 bridgehead atoms. The molecule has 2 aliphatic carbocycles. The summed E-state index contributed by atoms with van der Waals surface area (Å²) in [5.41, 5.74) is 10.4. The highest BCUT2D eigenvalue weighted by Gasteiger charge is 2.49. The van der Waals surface area contributed by atoms with Crippen LogP contribution < -0.4 is 0 Å². The third-order valence-electron chi connectivity index (χ3n) is 22.5. The van der Waals surface area contributed by atoms with Gasteiger partial charge in [-0.2, -0.15) is 0 Å². The lowest BCUT2D eigenvalue weighted by atomic mass is 9.68. The first-order valence-corrected chi connectivity index (χ1v) is 44.6. The van der Waals surface area contributed by atoms with Crippen LogP contribution in [-0.4, -0.2) is 0 Å². The van der Waals surface area contributed by atoms with Crippen LogP contribution in [0.2, 0.25) is 0 Å². The van der Waals surface area contributed by atoms with Crippen LogP contribution in [0.4, 0.5) is 0 Å². The second kappa shape index (κ2) is 47.9. The van der Waals surface area contributed by atoms with E-state index in [9.17, 15) is 0 Å². The molecule has 0 nitrogen and oxygen atoms in total. The first-order valence-electron chi connectivity index (χ1n) is 41.2. The van der Waals surface area contributed by atoms with Gasteiger partial charge in [-0.15, -0.1) is 45.3 Å². The predicted octanol–water partition coefficient (Wildman–Crippen LogP) is 33.3. The van der Waals surface area contributed by atoms with E-state index in [1.165, 1.54) is 405 Å². The van der Waals surface area contributed by atoms with Gasteiger partial charge in [0.15, 0.2) is 0 Å². The van der Waals surface area contributed by atoms with Gasteiger partial charge in [-0.05, 0) is 106 Å². The lowest BCUT2D eigenvalue weighted by Crippen LogP contribution is -2.27. The van der Waals surface area contributed by atoms with Gasteiger partial charge in [0, 0.05) is 40.1 Å². The molecule has 92 heavy (non-hydrogen) atoms. The first kappa shape index (κ1) is 77.4. The molecule has 2 aliphatic rings. The summed E-state index contributed by atoms with van der Waals surface area (Å²) in [5.74, 6) is 0. The van der Waals surface area contributed by atoms with Gasteiger partial charge >= 0.3 is 0 Å². The Balaban J connectivity index is 1.12. The van der Waals surface area contributed by atoms with Crippen molar-refractivity contribution in [1.29, 1.82) is 0 Å². The molecule has 0 radical (unpaired) electrons. The second-order valence-electron chi connectivity index (χ2n) is 30.2. The Kier molecular flexibility index (Phi) is 40.3. The molecule has 0 amide bonds. The molecule has 7 rings (SSSR count). The molecule has 0 aliphatic heterocycles. The second-order valence-corrected chi connectivity index (χ2v) is 34.2. The standard InChI is InChI=1S/C88H142S4/c1-5-9-13-17-21-25-29-33-37-41-45-49-53-57-65-87(66-58-54-50-46-42-38-34-30-26-22-18-14-10-6-2)77-71-76-78(72-75(77)85-79(87)73-83(91-85)81-63-61-69-89-81)88(80-74-84(92-86(76)80)82-64-62-70-90-82,67-59-55-51-47-43-39-35-31-27-23-19-15-11-7-3)68-60-56-52-48-44-40-36-32-28-24-20-16-12-8-4/h61-64,69-74H,5-60,65-68H2,1-4H3. The minimum absolute atomic E-state index is 0.0858. The molecule has 0 unspecified atom stereocenters. The van der Waals surface area contributed by atoms with E-state index < -0.39 is 0 Å². The summed E-state index contributed by atoms with van der Waals surface area (Å²) in [5, 5.41) is 4.65. The van der Waals surface area contributed by atoms with Crippen molar-refractivity contribution in [2.75, 3.05) is 0 Å². The highest BCUT2D eigenvalue weighted by atomic mass is 32.1. The number of benzene rings is 1. The van der Waals surface area contributed by atoms with E-state index >= 15 is 0 Å². The fourth-order valence-electron chi connectivity index (χ4n) is 16.8. The van der Waals surface area contributed by atoms with Crippen molar-refractivity contribution in [1.82, 2.24) is 0 Å². The Bertz CT molecular complexity index is 2310. The van der Waals surface area contributed by atoms with Crippen molar-refractivity contribution < 1.29 is 0 Å². The van der Waals surface area contributed by atoms with Crippen molar-refractivity contribution in [3.05, 3.63) is 81.5 Å². The van der Waals surface area contributed by atoms with Gasteiger partial charge in [0.2, 0.25) is 0 Å². The smallest absolute Gasteiger partial charge is 0.0452 e. The van der Waals surface area contributed by atoms with Crippen molar-refractivity contribution in [3.63, 3.8) is 0 Å². The van der Waals surface area contributed by atoms with Crippen LogP contribution in [0.25, 0.3) is 40.4 Å². The van der Waals surface area contributed by atoms with E-state index in [1.807, 2.05) is 22.7 Å². The molecule has 0 N–H and O–H groups in total. The van der Waals surface area contributed by atoms with Crippen LogP contribution >= 0.6 is 45.3 Å². The molecule has 4 aromatic heterocycles. The van der Waals surface area contributed by atoms with Gasteiger partial charge in [0.25, 0.3) is 0 Å². The van der Waals surface area contributed by atoms with Crippen molar-refractivity contribution in [2.24, 2.45) is 0 Å². The topological polar surface area (TPSA) is 0 Å². The number of hydrogen-bond acceptors (Lipinski definition) is 4. The summed E-state index contributed by atoms with van der Waals surface area (Å²) < 4.78 is 0. The fourth-order valence-corrected chi connectivity index (χ4v) is 21.1. The molecule has 4 heteroatoms. The Hall–Kier alpha value is -1.98. The molecule has 1 aromatic carbocycles. The van der Waals surface area contributed by atoms with E-state index in [2.05, 4.69) is 110 Å². The van der Waals surface area contributed by atoms with Crippen LogP contribution in [0.15, 0.2) is 59.3 Å². The van der Waals surface area contributed by atoms with Gasteiger partial charge in [0.1, 0.15) is 0 Å². The zero-order valence-corrected chi connectivity index (χ0v) is 64.1. The van der Waals surface area contributed by atoms with Gasteiger partial charge in [0.05, 0.1) is 0 Å². The summed E-state index contributed by atoms with van der Waals surface area (Å²) in [6, 6.07) is 20.8. The van der Waals surface area contributed by atoms with E-state index in [4.69, 9.17) is 0 Å². The van der Waals surface area contributed by atoms with Crippen molar-refractivity contribution >= 4 is 45.3 Å². The van der Waals surface area contributed by atoms with Gasteiger partial charge in [-0.3, -0.25) is 0 Å². The van der Waals surface area contributed by atoms with Gasteiger partial charge in [-0.1, -0.05) is 399 Å². The maximum atomic E-state index is 2.93. The number of thiophene rings is 4. The summed E-state index contributed by atoms with van der Waals surface area (Å²) >= 11 is 8.27. The average Bonchev–Trinajstić information content (AvgIpc) is 1.53. The van der Waals surface area contributed by atoms with E-state index in [0.717, 1.165) is 0 Å². The molecule has 5 aromatic rings. The Morgan fingerprint density at radius 3 is 0.630 bits per heavy atom. The maximum absolute atomic E-state index is 2.93. The molecule has 518 valence electrons. The third kappa shape index (κ3) is 26.0. The normalized spacial score (nSPS) is 13.6. The zero-order valence-electron chi connectivity index (χ0n) is 60.8. The zero-order chi connectivity index (χ0) is 64.3. The number of unbranched alkanes of at least 4 members (excludes halogenated alkanes) is 52. The molecule has 4 heterocycles. The summed E-state index contributed by atoms with van der Waals surface area (Å²) in [6.07, 6.45) is 85.0. The van der Waals surface area contributed by atoms with Crippen LogP contribution in [-0.2, 0) is 10.8 Å². The number of fused-ring (bicyclic) bond motifs is 6. The summed E-state index contributed by atoms with van der Waals surface area (Å²) in [4.78, 5) is 9.30. The van der Waals surface area contributed by atoms with Crippen molar-refractivity contribution in [2.45, 2.75) is 424 Å². The molecular formula is C88H142S4. The minimum atomic E-state index is 0.0858.